The van der Waals surface area contributed by atoms with Crippen molar-refractivity contribution < 1.29 is 4.79 Å². The molecule has 29 heavy (non-hydrogen) atoms. The van der Waals surface area contributed by atoms with Crippen molar-refractivity contribution in [2.24, 2.45) is 28.6 Å². The van der Waals surface area contributed by atoms with E-state index in [0.29, 0.717) is 17.8 Å². The number of amides is 1. The standard InChI is InChI=1S/C26H34N2O/c1-4-17-10-13-27-16-20(17)22-8-7-21-19-6-5-18-15-24(29)28-14-12-25(18,2)23(19)9-11-26(21,22)3/h7-8,10,13,16,18-19,23H,4-6,9,11-12,14-15H2,1-3H3,(H,28,29)/t18?,19?,23?,25-,26-/m0/s1. The summed E-state index contributed by atoms with van der Waals surface area (Å²) in [4.78, 5) is 16.7. The minimum absolute atomic E-state index is 0.149. The van der Waals surface area contributed by atoms with Crippen LogP contribution < -0.4 is 5.32 Å². The quantitative estimate of drug-likeness (QED) is 0.742. The Morgan fingerprint density at radius 3 is 2.86 bits per heavy atom. The van der Waals surface area contributed by atoms with Gasteiger partial charge in [0.25, 0.3) is 0 Å². The van der Waals surface area contributed by atoms with Gasteiger partial charge >= 0.3 is 0 Å². The van der Waals surface area contributed by atoms with Crippen LogP contribution in [0.5, 0.6) is 0 Å². The lowest BCUT2D eigenvalue weighted by Crippen LogP contribution is -2.48. The number of fused-ring (bicyclic) bond motifs is 5. The number of carbonyl (C=O) groups excluding carboxylic acids is 1. The molecule has 0 aromatic carbocycles. The molecular formula is C26H34N2O. The molecule has 5 atom stereocenters. The van der Waals surface area contributed by atoms with Crippen LogP contribution in [-0.2, 0) is 11.2 Å². The Labute approximate surface area is 175 Å². The molecule has 2 heterocycles. The van der Waals surface area contributed by atoms with Gasteiger partial charge in [0.1, 0.15) is 0 Å². The maximum atomic E-state index is 12.2. The highest BCUT2D eigenvalue weighted by Gasteiger charge is 2.55. The van der Waals surface area contributed by atoms with E-state index in [1.807, 2.05) is 6.20 Å². The molecule has 1 aliphatic heterocycles. The van der Waals surface area contributed by atoms with Crippen LogP contribution in [0.4, 0.5) is 0 Å². The third-order valence-corrected chi connectivity index (χ3v) is 9.11. The lowest BCUT2D eigenvalue weighted by atomic mass is 9.47. The van der Waals surface area contributed by atoms with Crippen LogP contribution in [0, 0.1) is 28.6 Å². The number of rotatable bonds is 2. The number of pyridine rings is 1. The average Bonchev–Trinajstić information content (AvgIpc) is 2.98. The number of allylic oxidation sites excluding steroid dienone is 4. The van der Waals surface area contributed by atoms with Crippen molar-refractivity contribution >= 4 is 11.5 Å². The van der Waals surface area contributed by atoms with Gasteiger partial charge in [0, 0.05) is 36.3 Å². The largest absolute Gasteiger partial charge is 0.356 e. The van der Waals surface area contributed by atoms with Gasteiger partial charge in [0.15, 0.2) is 0 Å². The van der Waals surface area contributed by atoms with Crippen LogP contribution in [0.2, 0.25) is 0 Å². The maximum Gasteiger partial charge on any atom is 0.220 e. The summed E-state index contributed by atoms with van der Waals surface area (Å²) in [5.74, 6) is 2.19. The second-order valence-electron chi connectivity index (χ2n) is 10.3. The molecule has 3 fully saturated rings. The van der Waals surface area contributed by atoms with Crippen molar-refractivity contribution in [3.63, 3.8) is 0 Å². The highest BCUT2D eigenvalue weighted by atomic mass is 16.1. The van der Waals surface area contributed by atoms with Crippen molar-refractivity contribution in [2.45, 2.75) is 65.7 Å². The number of aromatic nitrogens is 1. The smallest absolute Gasteiger partial charge is 0.220 e. The second kappa shape index (κ2) is 6.82. The minimum atomic E-state index is 0.149. The van der Waals surface area contributed by atoms with Crippen LogP contribution in [-0.4, -0.2) is 17.4 Å². The Kier molecular flexibility index (Phi) is 4.49. The molecule has 1 amide bonds. The molecule has 3 heteroatoms. The van der Waals surface area contributed by atoms with E-state index in [-0.39, 0.29) is 16.7 Å². The van der Waals surface area contributed by atoms with E-state index in [4.69, 9.17) is 0 Å². The highest BCUT2D eigenvalue weighted by molar-refractivity contribution is 5.80. The Morgan fingerprint density at radius 2 is 2.03 bits per heavy atom. The predicted octanol–water partition coefficient (Wildman–Crippen LogP) is 5.33. The van der Waals surface area contributed by atoms with Gasteiger partial charge in [0.2, 0.25) is 5.91 Å². The van der Waals surface area contributed by atoms with E-state index in [0.717, 1.165) is 25.8 Å². The van der Waals surface area contributed by atoms with Crippen LogP contribution in [0.15, 0.2) is 36.2 Å². The van der Waals surface area contributed by atoms with Crippen LogP contribution in [0.1, 0.15) is 70.4 Å². The number of hydrogen-bond donors (Lipinski definition) is 1. The zero-order valence-electron chi connectivity index (χ0n) is 18.1. The summed E-state index contributed by atoms with van der Waals surface area (Å²) < 4.78 is 0. The van der Waals surface area contributed by atoms with Gasteiger partial charge in [-0.15, -0.1) is 0 Å². The summed E-state index contributed by atoms with van der Waals surface area (Å²) >= 11 is 0. The zero-order valence-corrected chi connectivity index (χ0v) is 18.1. The molecule has 4 aliphatic rings. The molecule has 3 nitrogen and oxygen atoms in total. The number of hydrogen-bond acceptors (Lipinski definition) is 2. The molecule has 1 aromatic rings. The van der Waals surface area contributed by atoms with E-state index in [2.05, 4.69) is 55.5 Å². The van der Waals surface area contributed by atoms with Crippen molar-refractivity contribution in [2.75, 3.05) is 6.54 Å². The molecule has 1 saturated heterocycles. The van der Waals surface area contributed by atoms with Crippen molar-refractivity contribution in [3.8, 4) is 0 Å². The average molecular weight is 391 g/mol. The summed E-state index contributed by atoms with van der Waals surface area (Å²) in [5.41, 5.74) is 6.35. The normalized spacial score (nSPS) is 38.7. The van der Waals surface area contributed by atoms with E-state index < -0.39 is 0 Å². The number of nitrogens with one attached hydrogen (secondary N) is 1. The number of carbonyl (C=O) groups is 1. The lowest BCUT2D eigenvalue weighted by molar-refractivity contribution is -0.123. The van der Waals surface area contributed by atoms with Gasteiger partial charge in [0.05, 0.1) is 0 Å². The lowest BCUT2D eigenvalue weighted by Gasteiger charge is -2.56. The first-order valence-electron chi connectivity index (χ1n) is 11.6. The Bertz CT molecular complexity index is 900. The molecule has 154 valence electrons. The van der Waals surface area contributed by atoms with Crippen molar-refractivity contribution in [3.05, 3.63) is 47.3 Å². The Hall–Kier alpha value is -1.90. The number of aryl methyl sites for hydroxylation is 1. The Morgan fingerprint density at radius 1 is 1.17 bits per heavy atom. The highest BCUT2D eigenvalue weighted by Crippen LogP contribution is 2.65. The molecule has 3 aliphatic carbocycles. The summed E-state index contributed by atoms with van der Waals surface area (Å²) in [6.45, 7) is 8.07. The third kappa shape index (κ3) is 2.76. The van der Waals surface area contributed by atoms with Gasteiger partial charge in [-0.2, -0.15) is 0 Å². The van der Waals surface area contributed by atoms with Crippen molar-refractivity contribution in [1.29, 1.82) is 0 Å². The second-order valence-corrected chi connectivity index (χ2v) is 10.3. The molecule has 0 bridgehead atoms. The molecule has 1 aromatic heterocycles. The van der Waals surface area contributed by atoms with E-state index in [1.165, 1.54) is 42.4 Å². The van der Waals surface area contributed by atoms with E-state index in [1.54, 1.807) is 5.57 Å². The molecule has 5 rings (SSSR count). The molecule has 2 saturated carbocycles. The monoisotopic (exact) mass is 390 g/mol. The van der Waals surface area contributed by atoms with Crippen LogP contribution in [0.3, 0.4) is 0 Å². The van der Waals surface area contributed by atoms with Gasteiger partial charge in [-0.25, -0.2) is 0 Å². The van der Waals surface area contributed by atoms with Gasteiger partial charge in [-0.05, 0) is 78.9 Å². The predicted molar refractivity (Wildman–Crippen MR) is 117 cm³/mol. The van der Waals surface area contributed by atoms with Crippen LogP contribution in [0.25, 0.3) is 5.57 Å². The fraction of sp³-hybridized carbons (Fsp3) is 0.615. The Balaban J connectivity index is 1.47. The van der Waals surface area contributed by atoms with Gasteiger partial charge < -0.3 is 5.32 Å². The van der Waals surface area contributed by atoms with Crippen molar-refractivity contribution in [1.82, 2.24) is 10.3 Å². The molecule has 3 unspecified atom stereocenters. The SMILES string of the molecule is CCc1ccncc1C1=CC=C2C3CCC4CC(=O)NCC[C@]4(C)C3CC[C@]12C. The number of nitrogens with zero attached hydrogens (tertiary/aromatic N) is 1. The van der Waals surface area contributed by atoms with Gasteiger partial charge in [-0.1, -0.05) is 38.5 Å². The topological polar surface area (TPSA) is 42.0 Å². The summed E-state index contributed by atoms with van der Waals surface area (Å²) in [5, 5.41) is 3.15. The first-order chi connectivity index (χ1) is 14.0. The zero-order chi connectivity index (χ0) is 20.2. The van der Waals surface area contributed by atoms with Gasteiger partial charge in [-0.3, -0.25) is 9.78 Å². The molecular weight excluding hydrogens is 356 g/mol. The fourth-order valence-electron chi connectivity index (χ4n) is 7.38. The molecule has 0 radical (unpaired) electrons. The van der Waals surface area contributed by atoms with Crippen LogP contribution >= 0.6 is 0 Å². The fourth-order valence-corrected chi connectivity index (χ4v) is 7.38. The maximum absolute atomic E-state index is 12.2. The summed E-state index contributed by atoms with van der Waals surface area (Å²) in [7, 11) is 0. The summed E-state index contributed by atoms with van der Waals surface area (Å²) in [6.07, 6.45) is 16.7. The van der Waals surface area contributed by atoms with E-state index in [9.17, 15) is 4.79 Å². The van der Waals surface area contributed by atoms with E-state index >= 15 is 0 Å². The summed E-state index contributed by atoms with van der Waals surface area (Å²) in [6, 6.07) is 2.19. The minimum Gasteiger partial charge on any atom is -0.356 e. The first-order valence-corrected chi connectivity index (χ1v) is 11.6. The third-order valence-electron chi connectivity index (χ3n) is 9.11. The first kappa shape index (κ1) is 19.1. The molecule has 1 N–H and O–H groups in total. The molecule has 0 spiro atoms.